The lowest BCUT2D eigenvalue weighted by Crippen LogP contribution is -2.23. The molecule has 0 aliphatic heterocycles. The Hall–Kier alpha value is -2.73. The van der Waals surface area contributed by atoms with E-state index in [0.717, 1.165) is 0 Å². The van der Waals surface area contributed by atoms with E-state index in [1.54, 1.807) is 36.4 Å². The van der Waals surface area contributed by atoms with Gasteiger partial charge in [0.2, 0.25) is 11.7 Å². The summed E-state index contributed by atoms with van der Waals surface area (Å²) in [5.74, 6) is -0.113. The Morgan fingerprint density at radius 1 is 1.17 bits per heavy atom. The number of carbonyl (C=O) groups is 1. The van der Waals surface area contributed by atoms with Crippen molar-refractivity contribution in [3.05, 3.63) is 70.8 Å². The highest BCUT2D eigenvalue weighted by Gasteiger charge is 2.12. The van der Waals surface area contributed by atoms with Gasteiger partial charge >= 0.3 is 0 Å². The van der Waals surface area contributed by atoms with Crippen molar-refractivity contribution < 1.29 is 13.7 Å². The molecule has 0 bridgehead atoms. The average molecular weight is 332 g/mol. The number of benzene rings is 2. The smallest absolute Gasteiger partial charge is 0.253 e. The molecule has 0 atom stereocenters. The summed E-state index contributed by atoms with van der Waals surface area (Å²) >= 11 is 5.95. The van der Waals surface area contributed by atoms with E-state index in [4.69, 9.17) is 16.1 Å². The highest BCUT2D eigenvalue weighted by molar-refractivity contribution is 6.33. The number of hydrogen-bond acceptors (Lipinski definition) is 4. The first-order valence-electron chi connectivity index (χ1n) is 6.75. The van der Waals surface area contributed by atoms with E-state index in [0.29, 0.717) is 22.0 Å². The highest BCUT2D eigenvalue weighted by atomic mass is 35.5. The Bertz CT molecular complexity index is 833. The van der Waals surface area contributed by atoms with E-state index < -0.39 is 0 Å². The molecule has 0 aliphatic rings. The van der Waals surface area contributed by atoms with Gasteiger partial charge in [-0.3, -0.25) is 4.79 Å². The van der Waals surface area contributed by atoms with Crippen LogP contribution in [0.15, 0.2) is 53.1 Å². The van der Waals surface area contributed by atoms with Gasteiger partial charge in [0.25, 0.3) is 5.91 Å². The van der Waals surface area contributed by atoms with Gasteiger partial charge in [0.15, 0.2) is 0 Å². The zero-order chi connectivity index (χ0) is 16.2. The van der Waals surface area contributed by atoms with Gasteiger partial charge in [0.1, 0.15) is 5.82 Å². The summed E-state index contributed by atoms with van der Waals surface area (Å²) in [6, 6.07) is 12.4. The molecule has 1 heterocycles. The van der Waals surface area contributed by atoms with E-state index in [1.165, 1.54) is 12.1 Å². The number of nitrogens with one attached hydrogen (secondary N) is 1. The van der Waals surface area contributed by atoms with Gasteiger partial charge in [-0.25, -0.2) is 4.39 Å². The predicted octanol–water partition coefficient (Wildman–Crippen LogP) is 3.46. The third-order valence-electron chi connectivity index (χ3n) is 3.09. The Balaban J connectivity index is 1.67. The molecule has 116 valence electrons. The molecule has 0 radical (unpaired) electrons. The monoisotopic (exact) mass is 331 g/mol. The van der Waals surface area contributed by atoms with Crippen LogP contribution in [0.3, 0.4) is 0 Å². The Labute approximate surface area is 136 Å². The number of halogens is 2. The first-order valence-corrected chi connectivity index (χ1v) is 7.12. The minimum absolute atomic E-state index is 0.0677. The minimum atomic E-state index is -0.343. The minimum Gasteiger partial charge on any atom is -0.343 e. The molecule has 1 amide bonds. The molecule has 3 aromatic rings. The molecule has 3 rings (SSSR count). The Morgan fingerprint density at radius 2 is 1.91 bits per heavy atom. The molecule has 1 aromatic heterocycles. The molecule has 5 nitrogen and oxygen atoms in total. The van der Waals surface area contributed by atoms with Gasteiger partial charge < -0.3 is 9.84 Å². The topological polar surface area (TPSA) is 68.0 Å². The maximum atomic E-state index is 12.9. The van der Waals surface area contributed by atoms with E-state index in [9.17, 15) is 9.18 Å². The standard InChI is InChI=1S/C16H11ClFN3O2/c17-13-4-2-1-3-12(13)16(22)19-9-14-20-15(21-23-14)10-5-7-11(18)8-6-10/h1-8H,9H2,(H,19,22). The van der Waals surface area contributed by atoms with Crippen molar-refractivity contribution in [3.63, 3.8) is 0 Å². The zero-order valence-corrected chi connectivity index (χ0v) is 12.5. The number of hydrogen-bond donors (Lipinski definition) is 1. The van der Waals surface area contributed by atoms with Gasteiger partial charge in [0.05, 0.1) is 17.1 Å². The van der Waals surface area contributed by atoms with Crippen molar-refractivity contribution >= 4 is 17.5 Å². The fourth-order valence-electron chi connectivity index (χ4n) is 1.94. The second-order valence-corrected chi connectivity index (χ2v) is 5.09. The molecule has 0 unspecified atom stereocenters. The average Bonchev–Trinajstić information content (AvgIpc) is 3.03. The molecule has 0 saturated carbocycles. The van der Waals surface area contributed by atoms with Crippen molar-refractivity contribution in [1.29, 1.82) is 0 Å². The van der Waals surface area contributed by atoms with Crippen LogP contribution in [0.5, 0.6) is 0 Å². The maximum absolute atomic E-state index is 12.9. The number of rotatable bonds is 4. The quantitative estimate of drug-likeness (QED) is 0.795. The van der Waals surface area contributed by atoms with E-state index in [1.807, 2.05) is 0 Å². The maximum Gasteiger partial charge on any atom is 0.253 e. The summed E-state index contributed by atoms with van der Waals surface area (Å²) in [7, 11) is 0. The predicted molar refractivity (Wildman–Crippen MR) is 82.3 cm³/mol. The SMILES string of the molecule is O=C(NCc1nc(-c2ccc(F)cc2)no1)c1ccccc1Cl. The highest BCUT2D eigenvalue weighted by Crippen LogP contribution is 2.17. The van der Waals surface area contributed by atoms with Crippen LogP contribution in [0, 0.1) is 5.82 Å². The first-order chi connectivity index (χ1) is 11.1. The third-order valence-corrected chi connectivity index (χ3v) is 3.42. The molecule has 0 fully saturated rings. The van der Waals surface area contributed by atoms with Gasteiger partial charge in [0, 0.05) is 5.56 Å². The molecule has 23 heavy (non-hydrogen) atoms. The molecule has 1 N–H and O–H groups in total. The van der Waals surface area contributed by atoms with Crippen molar-refractivity contribution in [2.75, 3.05) is 0 Å². The lowest BCUT2D eigenvalue weighted by molar-refractivity contribution is 0.0946. The Kier molecular flexibility index (Phi) is 4.34. The van der Waals surface area contributed by atoms with Crippen LogP contribution in [0.2, 0.25) is 5.02 Å². The lowest BCUT2D eigenvalue weighted by atomic mass is 10.2. The van der Waals surface area contributed by atoms with Crippen LogP contribution in [-0.4, -0.2) is 16.0 Å². The zero-order valence-electron chi connectivity index (χ0n) is 11.8. The fraction of sp³-hybridized carbons (Fsp3) is 0.0625. The number of carbonyl (C=O) groups excluding carboxylic acids is 1. The van der Waals surface area contributed by atoms with Crippen LogP contribution >= 0.6 is 11.6 Å². The largest absolute Gasteiger partial charge is 0.343 e. The second kappa shape index (κ2) is 6.58. The van der Waals surface area contributed by atoms with Crippen molar-refractivity contribution in [3.8, 4) is 11.4 Å². The van der Waals surface area contributed by atoms with Crippen LogP contribution in [0.1, 0.15) is 16.2 Å². The normalized spacial score (nSPS) is 10.5. The van der Waals surface area contributed by atoms with Crippen LogP contribution in [-0.2, 0) is 6.54 Å². The lowest BCUT2D eigenvalue weighted by Gasteiger charge is -2.03. The summed E-state index contributed by atoms with van der Waals surface area (Å²) in [6.45, 7) is 0.0677. The van der Waals surface area contributed by atoms with E-state index >= 15 is 0 Å². The first kappa shape index (κ1) is 15.2. The summed E-state index contributed by atoms with van der Waals surface area (Å²) < 4.78 is 18.0. The summed E-state index contributed by atoms with van der Waals surface area (Å²) in [6.07, 6.45) is 0. The van der Waals surface area contributed by atoms with Crippen molar-refractivity contribution in [2.24, 2.45) is 0 Å². The van der Waals surface area contributed by atoms with Crippen molar-refractivity contribution in [2.45, 2.75) is 6.54 Å². The number of aromatic nitrogens is 2. The van der Waals surface area contributed by atoms with Crippen LogP contribution in [0.4, 0.5) is 4.39 Å². The molecule has 2 aromatic carbocycles. The second-order valence-electron chi connectivity index (χ2n) is 4.68. The molecular weight excluding hydrogens is 321 g/mol. The van der Waals surface area contributed by atoms with E-state index in [2.05, 4.69) is 15.5 Å². The summed E-state index contributed by atoms with van der Waals surface area (Å²) in [4.78, 5) is 16.2. The van der Waals surface area contributed by atoms with E-state index in [-0.39, 0.29) is 24.2 Å². The van der Waals surface area contributed by atoms with Gasteiger partial charge in [-0.2, -0.15) is 4.98 Å². The summed E-state index contributed by atoms with van der Waals surface area (Å²) in [5.41, 5.74) is 0.992. The fourth-order valence-corrected chi connectivity index (χ4v) is 2.16. The van der Waals surface area contributed by atoms with Crippen LogP contribution in [0.25, 0.3) is 11.4 Å². The third kappa shape index (κ3) is 3.54. The van der Waals surface area contributed by atoms with Gasteiger partial charge in [-0.05, 0) is 36.4 Å². The van der Waals surface area contributed by atoms with Gasteiger partial charge in [-0.1, -0.05) is 28.9 Å². The molecule has 0 aliphatic carbocycles. The molecule has 7 heteroatoms. The molecular formula is C16H11ClFN3O2. The summed E-state index contributed by atoms with van der Waals surface area (Å²) in [5, 5.41) is 6.81. The Morgan fingerprint density at radius 3 is 2.65 bits per heavy atom. The number of nitrogens with zero attached hydrogens (tertiary/aromatic N) is 2. The molecule has 0 spiro atoms. The van der Waals surface area contributed by atoms with Crippen LogP contribution < -0.4 is 5.32 Å². The number of amides is 1. The molecule has 0 saturated heterocycles. The van der Waals surface area contributed by atoms with Gasteiger partial charge in [-0.15, -0.1) is 0 Å². The van der Waals surface area contributed by atoms with Crippen molar-refractivity contribution in [1.82, 2.24) is 15.5 Å².